The number of benzene rings is 2. The van der Waals surface area contributed by atoms with Crippen molar-refractivity contribution in [3.8, 4) is 0 Å². The second kappa shape index (κ2) is 15.6. The summed E-state index contributed by atoms with van der Waals surface area (Å²) in [6.07, 6.45) is 2.82. The van der Waals surface area contributed by atoms with E-state index >= 15 is 0 Å². The number of ether oxygens (including phenoxy) is 3. The van der Waals surface area contributed by atoms with Gasteiger partial charge in [0.15, 0.2) is 6.10 Å². The van der Waals surface area contributed by atoms with Gasteiger partial charge in [-0.1, -0.05) is 76.2 Å². The highest BCUT2D eigenvalue weighted by Gasteiger charge is 2.48. The molecule has 3 rings (SSSR count). The minimum absolute atomic E-state index is 0.0502. The standard InChI is InChI=1S/C40H54O8/c1-12-33-25(5)35(46-26(6)41)37(47-27(7)42)36(48-33)32-21-30(31(23(2)3)19-24(32)4)20-29-15-13-28(14-16-29)17-18-39(8,9)34(43)22-40(10,11)38(44)45/h13-19,21,23,25,33,35-37H,12,20,22H2,1-11H3,(H,44,45)/b18-17+/t25-,33-,35+,36+,37-/m1/s1. The third kappa shape index (κ3) is 9.43. The summed E-state index contributed by atoms with van der Waals surface area (Å²) in [5, 5.41) is 9.44. The van der Waals surface area contributed by atoms with Crippen LogP contribution in [0.1, 0.15) is 127 Å². The molecule has 0 spiro atoms. The first-order valence-electron chi connectivity index (χ1n) is 17.0. The van der Waals surface area contributed by atoms with E-state index in [9.17, 15) is 24.3 Å². The first-order chi connectivity index (χ1) is 22.3. The highest BCUT2D eigenvalue weighted by molar-refractivity contribution is 5.91. The van der Waals surface area contributed by atoms with Crippen LogP contribution in [0.5, 0.6) is 0 Å². The smallest absolute Gasteiger partial charge is 0.309 e. The number of carboxylic acids is 1. The average Bonchev–Trinajstić information content (AvgIpc) is 2.99. The zero-order valence-corrected chi connectivity index (χ0v) is 30.5. The monoisotopic (exact) mass is 662 g/mol. The Hall–Kier alpha value is -3.78. The molecule has 8 nitrogen and oxygen atoms in total. The number of aliphatic carboxylic acids is 1. The van der Waals surface area contributed by atoms with Crippen LogP contribution in [0.15, 0.2) is 42.5 Å². The summed E-state index contributed by atoms with van der Waals surface area (Å²) in [4.78, 5) is 48.9. The number of Topliss-reactive ketones (excluding diaryl/α,β-unsaturated/α-hetero) is 1. The lowest BCUT2D eigenvalue weighted by Gasteiger charge is -2.45. The molecule has 1 N–H and O–H groups in total. The van der Waals surface area contributed by atoms with Gasteiger partial charge in [-0.25, -0.2) is 0 Å². The number of esters is 2. The fourth-order valence-corrected chi connectivity index (χ4v) is 6.34. The van der Waals surface area contributed by atoms with Gasteiger partial charge >= 0.3 is 17.9 Å². The van der Waals surface area contributed by atoms with Crippen molar-refractivity contribution in [2.24, 2.45) is 16.7 Å². The molecule has 0 amide bonds. The molecule has 1 fully saturated rings. The lowest BCUT2D eigenvalue weighted by atomic mass is 9.77. The maximum atomic E-state index is 12.9. The highest BCUT2D eigenvalue weighted by atomic mass is 16.6. The molecule has 1 aliphatic heterocycles. The van der Waals surface area contributed by atoms with E-state index in [0.29, 0.717) is 12.8 Å². The van der Waals surface area contributed by atoms with Crippen molar-refractivity contribution in [3.05, 3.63) is 75.9 Å². The number of ketones is 1. The number of aryl methyl sites for hydroxylation is 1. The Labute approximate surface area is 286 Å². The van der Waals surface area contributed by atoms with Crippen LogP contribution in [-0.4, -0.2) is 47.1 Å². The summed E-state index contributed by atoms with van der Waals surface area (Å²) in [5.41, 5.74) is 4.34. The number of rotatable bonds is 13. The maximum Gasteiger partial charge on any atom is 0.309 e. The van der Waals surface area contributed by atoms with Crippen LogP contribution in [0, 0.1) is 23.7 Å². The van der Waals surface area contributed by atoms with E-state index in [4.69, 9.17) is 14.2 Å². The van der Waals surface area contributed by atoms with E-state index in [1.54, 1.807) is 27.7 Å². The molecule has 1 saturated heterocycles. The molecule has 5 atom stereocenters. The molecular formula is C40H54O8. The summed E-state index contributed by atoms with van der Waals surface area (Å²) in [7, 11) is 0. The van der Waals surface area contributed by atoms with Crippen molar-refractivity contribution in [2.45, 2.75) is 126 Å². The SMILES string of the molecule is CC[C@H]1O[C@@H](c2cc(Cc3ccc(/C=C/C(C)(C)C(=O)CC(C)(C)C(=O)O)cc3)c(C(C)C)cc2C)[C@H](OC(C)=O)[C@@H](OC(C)=O)[C@@H]1C. The van der Waals surface area contributed by atoms with Crippen LogP contribution in [0.4, 0.5) is 0 Å². The third-order valence-corrected chi connectivity index (χ3v) is 9.48. The third-order valence-electron chi connectivity index (χ3n) is 9.48. The predicted octanol–water partition coefficient (Wildman–Crippen LogP) is 8.17. The first-order valence-corrected chi connectivity index (χ1v) is 17.0. The van der Waals surface area contributed by atoms with Crippen molar-refractivity contribution >= 4 is 29.8 Å². The van der Waals surface area contributed by atoms with Crippen molar-refractivity contribution in [1.29, 1.82) is 0 Å². The number of hydrogen-bond acceptors (Lipinski definition) is 7. The molecule has 0 unspecified atom stereocenters. The molecule has 2 aromatic carbocycles. The minimum atomic E-state index is -1.13. The van der Waals surface area contributed by atoms with Crippen molar-refractivity contribution in [2.75, 3.05) is 0 Å². The lowest BCUT2D eigenvalue weighted by Crippen LogP contribution is -2.53. The Morgan fingerprint density at radius 3 is 2.06 bits per heavy atom. The molecule has 0 radical (unpaired) electrons. The van der Waals surface area contributed by atoms with Crippen LogP contribution in [-0.2, 0) is 39.8 Å². The van der Waals surface area contributed by atoms with E-state index in [0.717, 1.165) is 27.8 Å². The minimum Gasteiger partial charge on any atom is -0.481 e. The van der Waals surface area contributed by atoms with Gasteiger partial charge in [0.2, 0.25) is 0 Å². The van der Waals surface area contributed by atoms with Gasteiger partial charge in [-0.2, -0.15) is 0 Å². The molecule has 48 heavy (non-hydrogen) atoms. The molecule has 0 aliphatic carbocycles. The Balaban J connectivity index is 1.94. The highest BCUT2D eigenvalue weighted by Crippen LogP contribution is 2.42. The zero-order chi connectivity index (χ0) is 36.1. The summed E-state index contributed by atoms with van der Waals surface area (Å²) in [6, 6.07) is 12.5. The molecule has 0 bridgehead atoms. The Kier molecular flexibility index (Phi) is 12.6. The van der Waals surface area contributed by atoms with E-state index < -0.39 is 47.0 Å². The van der Waals surface area contributed by atoms with Crippen molar-refractivity contribution in [1.82, 2.24) is 0 Å². The van der Waals surface area contributed by atoms with E-state index in [2.05, 4.69) is 38.1 Å². The normalized spacial score (nSPS) is 21.7. The molecule has 8 heteroatoms. The summed E-state index contributed by atoms with van der Waals surface area (Å²) in [5.74, 6) is -1.92. The predicted molar refractivity (Wildman–Crippen MR) is 187 cm³/mol. The average molecular weight is 663 g/mol. The van der Waals surface area contributed by atoms with Gasteiger partial charge in [0.25, 0.3) is 0 Å². The summed E-state index contributed by atoms with van der Waals surface area (Å²) < 4.78 is 18.3. The maximum absolute atomic E-state index is 12.9. The number of carboxylic acid groups (broad SMARTS) is 1. The number of carbonyl (C=O) groups excluding carboxylic acids is 3. The molecule has 0 saturated carbocycles. The van der Waals surface area contributed by atoms with Crippen LogP contribution in [0.2, 0.25) is 0 Å². The van der Waals surface area contributed by atoms with Crippen LogP contribution < -0.4 is 0 Å². The molecule has 0 aromatic heterocycles. The molecular weight excluding hydrogens is 608 g/mol. The lowest BCUT2D eigenvalue weighted by molar-refractivity contribution is -0.225. The van der Waals surface area contributed by atoms with Gasteiger partial charge in [0, 0.05) is 31.6 Å². The fraction of sp³-hybridized carbons (Fsp3) is 0.550. The number of carbonyl (C=O) groups is 4. The van der Waals surface area contributed by atoms with E-state index in [-0.39, 0.29) is 30.1 Å². The molecule has 262 valence electrons. The number of allylic oxidation sites excluding steroid dienone is 1. The Morgan fingerprint density at radius 1 is 0.958 bits per heavy atom. The summed E-state index contributed by atoms with van der Waals surface area (Å²) in [6.45, 7) is 19.8. The summed E-state index contributed by atoms with van der Waals surface area (Å²) >= 11 is 0. The second-order valence-electron chi connectivity index (χ2n) is 14.8. The largest absolute Gasteiger partial charge is 0.481 e. The Bertz CT molecular complexity index is 1510. The van der Waals surface area contributed by atoms with Crippen molar-refractivity contribution < 1.29 is 38.5 Å². The second-order valence-corrected chi connectivity index (χ2v) is 14.8. The van der Waals surface area contributed by atoms with Gasteiger partial charge in [-0.3, -0.25) is 19.2 Å². The van der Waals surface area contributed by atoms with Gasteiger partial charge in [0.1, 0.15) is 18.0 Å². The van der Waals surface area contributed by atoms with E-state index in [1.165, 1.54) is 19.4 Å². The van der Waals surface area contributed by atoms with Gasteiger partial charge in [0.05, 0.1) is 11.5 Å². The molecule has 1 aliphatic rings. The Morgan fingerprint density at radius 2 is 1.54 bits per heavy atom. The molecule has 2 aromatic rings. The van der Waals surface area contributed by atoms with Gasteiger partial charge in [-0.15, -0.1) is 0 Å². The van der Waals surface area contributed by atoms with Crippen LogP contribution >= 0.6 is 0 Å². The fourth-order valence-electron chi connectivity index (χ4n) is 6.34. The first kappa shape index (κ1) is 38.7. The van der Waals surface area contributed by atoms with Gasteiger partial charge < -0.3 is 19.3 Å². The molecule has 1 heterocycles. The quantitative estimate of drug-likeness (QED) is 0.214. The van der Waals surface area contributed by atoms with Crippen molar-refractivity contribution in [3.63, 3.8) is 0 Å². The van der Waals surface area contributed by atoms with Gasteiger partial charge in [-0.05, 0) is 86.8 Å². The number of hydrogen-bond donors (Lipinski definition) is 1. The van der Waals surface area contributed by atoms with Crippen LogP contribution in [0.3, 0.4) is 0 Å². The van der Waals surface area contributed by atoms with E-state index in [1.807, 2.05) is 45.1 Å². The van der Waals surface area contributed by atoms with Crippen LogP contribution in [0.25, 0.3) is 6.08 Å². The zero-order valence-electron chi connectivity index (χ0n) is 30.5. The topological polar surface area (TPSA) is 116 Å².